The van der Waals surface area contributed by atoms with Gasteiger partial charge in [0.2, 0.25) is 5.91 Å². The van der Waals surface area contributed by atoms with Crippen LogP contribution in [0.3, 0.4) is 0 Å². The molecule has 0 aliphatic carbocycles. The number of carbonyl (C=O) groups excluding carboxylic acids is 2. The molecular weight excluding hydrogens is 342 g/mol. The van der Waals surface area contributed by atoms with Crippen LogP contribution >= 0.6 is 0 Å². The van der Waals surface area contributed by atoms with Gasteiger partial charge in [0.25, 0.3) is 5.91 Å². The van der Waals surface area contributed by atoms with Crippen molar-refractivity contribution in [3.63, 3.8) is 0 Å². The molecule has 1 N–H and O–H groups in total. The van der Waals surface area contributed by atoms with E-state index in [0.29, 0.717) is 44.9 Å². The van der Waals surface area contributed by atoms with Crippen molar-refractivity contribution >= 4 is 11.8 Å². The largest absolute Gasteiger partial charge is 0.489 e. The van der Waals surface area contributed by atoms with Gasteiger partial charge in [-0.15, -0.1) is 0 Å². The molecule has 27 heavy (non-hydrogen) atoms. The fraction of sp³-hybridized carbons (Fsp3) is 0.333. The van der Waals surface area contributed by atoms with E-state index in [1.807, 2.05) is 59.5 Å². The van der Waals surface area contributed by atoms with Crippen LogP contribution in [0.1, 0.15) is 15.9 Å². The first-order valence-corrected chi connectivity index (χ1v) is 9.14. The number of carbonyl (C=O) groups is 2. The first-order valence-electron chi connectivity index (χ1n) is 9.14. The summed E-state index contributed by atoms with van der Waals surface area (Å²) < 4.78 is 5.73. The lowest BCUT2D eigenvalue weighted by Gasteiger charge is -2.34. The van der Waals surface area contributed by atoms with Crippen LogP contribution in [0.15, 0.2) is 54.6 Å². The summed E-state index contributed by atoms with van der Waals surface area (Å²) in [6.07, 6.45) is 0. The third-order valence-electron chi connectivity index (χ3n) is 4.66. The quantitative estimate of drug-likeness (QED) is 0.845. The highest BCUT2D eigenvalue weighted by atomic mass is 16.5. The molecule has 1 fully saturated rings. The fourth-order valence-corrected chi connectivity index (χ4v) is 3.00. The van der Waals surface area contributed by atoms with Gasteiger partial charge in [-0.25, -0.2) is 0 Å². The van der Waals surface area contributed by atoms with Gasteiger partial charge < -0.3 is 15.0 Å². The van der Waals surface area contributed by atoms with Crippen LogP contribution < -0.4 is 10.1 Å². The van der Waals surface area contributed by atoms with E-state index < -0.39 is 0 Å². The van der Waals surface area contributed by atoms with Gasteiger partial charge in [-0.3, -0.25) is 14.5 Å². The standard InChI is InChI=1S/C21H25N3O3/c1-22-20(25)15-23-11-13-24(14-12-23)21(26)18-9-7-17(8-10-18)16-27-19-5-3-2-4-6-19/h2-10H,11-16H2,1H3,(H,22,25). The van der Waals surface area contributed by atoms with Crippen LogP contribution in [0.25, 0.3) is 0 Å². The highest BCUT2D eigenvalue weighted by Crippen LogP contribution is 2.14. The van der Waals surface area contributed by atoms with E-state index in [0.717, 1.165) is 11.3 Å². The zero-order valence-electron chi connectivity index (χ0n) is 15.6. The van der Waals surface area contributed by atoms with Crippen molar-refractivity contribution in [2.75, 3.05) is 39.8 Å². The molecule has 0 atom stereocenters. The number of ether oxygens (including phenoxy) is 1. The summed E-state index contributed by atoms with van der Waals surface area (Å²) in [6, 6.07) is 17.2. The summed E-state index contributed by atoms with van der Waals surface area (Å²) >= 11 is 0. The fourth-order valence-electron chi connectivity index (χ4n) is 3.00. The van der Waals surface area contributed by atoms with E-state index in [4.69, 9.17) is 4.74 Å². The zero-order chi connectivity index (χ0) is 19.1. The highest BCUT2D eigenvalue weighted by molar-refractivity contribution is 5.94. The van der Waals surface area contributed by atoms with Crippen LogP contribution in [-0.4, -0.2) is 61.4 Å². The van der Waals surface area contributed by atoms with E-state index in [1.165, 1.54) is 0 Å². The molecule has 0 unspecified atom stereocenters. The van der Waals surface area contributed by atoms with Gasteiger partial charge in [0, 0.05) is 38.8 Å². The van der Waals surface area contributed by atoms with Crippen molar-refractivity contribution in [3.05, 3.63) is 65.7 Å². The Bertz CT molecular complexity index is 754. The summed E-state index contributed by atoms with van der Waals surface area (Å²) in [6.45, 7) is 3.54. The minimum Gasteiger partial charge on any atom is -0.489 e. The number of hydrogen-bond acceptors (Lipinski definition) is 4. The van der Waals surface area contributed by atoms with E-state index in [9.17, 15) is 9.59 Å². The molecule has 142 valence electrons. The SMILES string of the molecule is CNC(=O)CN1CCN(C(=O)c2ccc(COc3ccccc3)cc2)CC1. The van der Waals surface area contributed by atoms with Crippen molar-refractivity contribution in [2.24, 2.45) is 0 Å². The lowest BCUT2D eigenvalue weighted by molar-refractivity contribution is -0.122. The molecule has 2 aromatic rings. The molecule has 0 saturated carbocycles. The van der Waals surface area contributed by atoms with Gasteiger partial charge in [-0.2, -0.15) is 0 Å². The molecule has 0 aromatic heterocycles. The average Bonchev–Trinajstić information content (AvgIpc) is 2.73. The minimum absolute atomic E-state index is 0.00286. The summed E-state index contributed by atoms with van der Waals surface area (Å²) in [5, 5.41) is 2.63. The third-order valence-corrected chi connectivity index (χ3v) is 4.66. The van der Waals surface area contributed by atoms with Crippen LogP contribution in [-0.2, 0) is 11.4 Å². The number of rotatable bonds is 6. The second kappa shape index (κ2) is 9.19. The van der Waals surface area contributed by atoms with Crippen LogP contribution in [0.5, 0.6) is 5.75 Å². The van der Waals surface area contributed by atoms with E-state index >= 15 is 0 Å². The summed E-state index contributed by atoms with van der Waals surface area (Å²) in [7, 11) is 1.64. The number of nitrogens with one attached hydrogen (secondary N) is 1. The maximum atomic E-state index is 12.7. The maximum absolute atomic E-state index is 12.7. The maximum Gasteiger partial charge on any atom is 0.253 e. The molecule has 1 heterocycles. The summed E-state index contributed by atoms with van der Waals surface area (Å²) in [5.41, 5.74) is 1.70. The molecule has 6 heteroatoms. The number of nitrogens with zero attached hydrogens (tertiary/aromatic N) is 2. The van der Waals surface area contributed by atoms with Crippen molar-refractivity contribution < 1.29 is 14.3 Å². The normalized spacial score (nSPS) is 14.6. The molecule has 0 spiro atoms. The Morgan fingerprint density at radius 1 is 0.963 bits per heavy atom. The molecule has 2 aromatic carbocycles. The predicted octanol–water partition coefficient (Wildman–Crippen LogP) is 1.77. The second-order valence-corrected chi connectivity index (χ2v) is 6.54. The van der Waals surface area contributed by atoms with E-state index in [-0.39, 0.29) is 11.8 Å². The summed E-state index contributed by atoms with van der Waals surface area (Å²) in [5.74, 6) is 0.862. The first-order chi connectivity index (χ1) is 13.2. The second-order valence-electron chi connectivity index (χ2n) is 6.54. The monoisotopic (exact) mass is 367 g/mol. The number of amides is 2. The first kappa shape index (κ1) is 18.9. The van der Waals surface area contributed by atoms with Crippen molar-refractivity contribution in [1.82, 2.24) is 15.1 Å². The zero-order valence-corrected chi connectivity index (χ0v) is 15.6. The Balaban J connectivity index is 1.50. The Kier molecular flexibility index (Phi) is 6.44. The average molecular weight is 367 g/mol. The minimum atomic E-state index is 0.00286. The van der Waals surface area contributed by atoms with Gasteiger partial charge in [-0.05, 0) is 29.8 Å². The van der Waals surface area contributed by atoms with Gasteiger partial charge in [0.15, 0.2) is 0 Å². The highest BCUT2D eigenvalue weighted by Gasteiger charge is 2.23. The van der Waals surface area contributed by atoms with Gasteiger partial charge in [0.05, 0.1) is 6.54 Å². The summed E-state index contributed by atoms with van der Waals surface area (Å²) in [4.78, 5) is 28.0. The van der Waals surface area contributed by atoms with Crippen LogP contribution in [0.2, 0.25) is 0 Å². The van der Waals surface area contributed by atoms with Gasteiger partial charge >= 0.3 is 0 Å². The molecule has 0 radical (unpaired) electrons. The molecule has 3 rings (SSSR count). The van der Waals surface area contributed by atoms with E-state index in [2.05, 4.69) is 10.2 Å². The Labute approximate surface area is 159 Å². The Morgan fingerprint density at radius 3 is 2.26 bits per heavy atom. The lowest BCUT2D eigenvalue weighted by atomic mass is 10.1. The molecule has 6 nitrogen and oxygen atoms in total. The number of likely N-dealkylation sites (N-methyl/N-ethyl adjacent to an activating group) is 1. The number of benzene rings is 2. The van der Waals surface area contributed by atoms with Crippen molar-refractivity contribution in [1.29, 1.82) is 0 Å². The number of piperazine rings is 1. The van der Waals surface area contributed by atoms with Gasteiger partial charge in [0.1, 0.15) is 12.4 Å². The Morgan fingerprint density at radius 2 is 1.63 bits per heavy atom. The van der Waals surface area contributed by atoms with Crippen molar-refractivity contribution in [3.8, 4) is 5.75 Å². The van der Waals surface area contributed by atoms with Crippen molar-refractivity contribution in [2.45, 2.75) is 6.61 Å². The number of para-hydroxylation sites is 1. The topological polar surface area (TPSA) is 61.9 Å². The molecule has 0 bridgehead atoms. The number of hydrogen-bond donors (Lipinski definition) is 1. The molecular formula is C21H25N3O3. The smallest absolute Gasteiger partial charge is 0.253 e. The molecule has 2 amide bonds. The third kappa shape index (κ3) is 5.31. The molecule has 1 saturated heterocycles. The van der Waals surface area contributed by atoms with Crippen LogP contribution in [0.4, 0.5) is 0 Å². The lowest BCUT2D eigenvalue weighted by Crippen LogP contribution is -2.50. The Hall–Kier alpha value is -2.86. The molecule has 1 aliphatic heterocycles. The van der Waals surface area contributed by atoms with E-state index in [1.54, 1.807) is 7.05 Å². The van der Waals surface area contributed by atoms with Gasteiger partial charge in [-0.1, -0.05) is 30.3 Å². The molecule has 1 aliphatic rings. The predicted molar refractivity (Wildman–Crippen MR) is 104 cm³/mol. The van der Waals surface area contributed by atoms with Crippen LogP contribution in [0, 0.1) is 0 Å².